The molecular formula is C24H26N2O3S. The number of methoxy groups -OCH3 is 1. The molecule has 156 valence electrons. The fourth-order valence-electron chi connectivity index (χ4n) is 3.28. The van der Waals surface area contributed by atoms with Crippen molar-refractivity contribution in [3.8, 4) is 5.75 Å². The van der Waals surface area contributed by atoms with Crippen LogP contribution < -0.4 is 10.1 Å². The lowest BCUT2D eigenvalue weighted by Gasteiger charge is -2.29. The average molecular weight is 423 g/mol. The minimum Gasteiger partial charge on any atom is -0.497 e. The van der Waals surface area contributed by atoms with E-state index >= 15 is 0 Å². The maximum atomic E-state index is 13.1. The van der Waals surface area contributed by atoms with Crippen molar-refractivity contribution in [2.75, 3.05) is 13.7 Å². The minimum atomic E-state index is -0.0885. The van der Waals surface area contributed by atoms with Crippen LogP contribution in [-0.4, -0.2) is 30.4 Å². The maximum absolute atomic E-state index is 13.1. The van der Waals surface area contributed by atoms with Crippen molar-refractivity contribution in [2.45, 2.75) is 26.4 Å². The number of rotatable bonds is 8. The number of nitrogens with zero attached hydrogens (tertiary/aromatic N) is 1. The first-order chi connectivity index (χ1) is 14.5. The standard InChI is InChI=1S/C24H26N2O3S/c1-4-26(17(2)20-7-5-8-21(15-20)29-3)24(28)19-12-10-18(11-13-19)16-25-23(27)22-9-6-14-30-22/h5-15,17H,4,16H2,1-3H3,(H,25,27). The molecule has 1 unspecified atom stereocenters. The van der Waals surface area contributed by atoms with E-state index in [9.17, 15) is 9.59 Å². The molecule has 0 aliphatic carbocycles. The predicted molar refractivity (Wildman–Crippen MR) is 120 cm³/mol. The van der Waals surface area contributed by atoms with Crippen LogP contribution in [0.15, 0.2) is 66.0 Å². The SMILES string of the molecule is CCN(C(=O)c1ccc(CNC(=O)c2cccs2)cc1)C(C)c1cccc(OC)c1. The van der Waals surface area contributed by atoms with E-state index < -0.39 is 0 Å². The highest BCUT2D eigenvalue weighted by Gasteiger charge is 2.21. The molecule has 1 aromatic heterocycles. The van der Waals surface area contributed by atoms with Gasteiger partial charge in [0, 0.05) is 18.7 Å². The normalized spacial score (nSPS) is 11.6. The van der Waals surface area contributed by atoms with Crippen LogP contribution in [0.1, 0.15) is 51.0 Å². The molecule has 1 N–H and O–H groups in total. The Morgan fingerprint density at radius 3 is 2.50 bits per heavy atom. The summed E-state index contributed by atoms with van der Waals surface area (Å²) >= 11 is 1.41. The van der Waals surface area contributed by atoms with E-state index in [4.69, 9.17) is 4.74 Å². The summed E-state index contributed by atoms with van der Waals surface area (Å²) in [5.74, 6) is 0.660. The van der Waals surface area contributed by atoms with Crippen molar-refractivity contribution >= 4 is 23.2 Å². The molecule has 0 bridgehead atoms. The van der Waals surface area contributed by atoms with Gasteiger partial charge in [-0.15, -0.1) is 11.3 Å². The number of ether oxygens (including phenoxy) is 1. The fourth-order valence-corrected chi connectivity index (χ4v) is 3.92. The summed E-state index contributed by atoms with van der Waals surface area (Å²) in [5, 5.41) is 4.78. The quantitative estimate of drug-likeness (QED) is 0.561. The molecule has 3 aromatic rings. The van der Waals surface area contributed by atoms with E-state index in [1.807, 2.05) is 78.7 Å². The van der Waals surface area contributed by atoms with Gasteiger partial charge in [0.2, 0.25) is 0 Å². The van der Waals surface area contributed by atoms with E-state index in [0.29, 0.717) is 23.5 Å². The van der Waals surface area contributed by atoms with Gasteiger partial charge >= 0.3 is 0 Å². The number of benzene rings is 2. The molecule has 5 nitrogen and oxygen atoms in total. The number of nitrogens with one attached hydrogen (secondary N) is 1. The van der Waals surface area contributed by atoms with Crippen LogP contribution in [0.4, 0.5) is 0 Å². The number of carbonyl (C=O) groups is 2. The van der Waals surface area contributed by atoms with Gasteiger partial charge in [-0.1, -0.05) is 30.3 Å². The maximum Gasteiger partial charge on any atom is 0.261 e. The minimum absolute atomic E-state index is 0.0259. The molecule has 1 atom stereocenters. The van der Waals surface area contributed by atoms with Crippen LogP contribution in [0, 0.1) is 0 Å². The Morgan fingerprint density at radius 2 is 1.87 bits per heavy atom. The Bertz CT molecular complexity index is 984. The van der Waals surface area contributed by atoms with Gasteiger partial charge in [-0.3, -0.25) is 9.59 Å². The van der Waals surface area contributed by atoms with Crippen LogP contribution in [0.5, 0.6) is 5.75 Å². The molecular weight excluding hydrogens is 396 g/mol. The summed E-state index contributed by atoms with van der Waals surface area (Å²) in [4.78, 5) is 27.7. The van der Waals surface area contributed by atoms with E-state index in [0.717, 1.165) is 16.9 Å². The van der Waals surface area contributed by atoms with Crippen LogP contribution in [0.25, 0.3) is 0 Å². The first-order valence-electron chi connectivity index (χ1n) is 9.89. The van der Waals surface area contributed by atoms with Gasteiger partial charge in [-0.25, -0.2) is 0 Å². The van der Waals surface area contributed by atoms with E-state index in [2.05, 4.69) is 5.32 Å². The van der Waals surface area contributed by atoms with Crippen molar-refractivity contribution in [3.63, 3.8) is 0 Å². The Morgan fingerprint density at radius 1 is 1.10 bits per heavy atom. The number of hydrogen-bond donors (Lipinski definition) is 1. The Kier molecular flexibility index (Phi) is 7.25. The second-order valence-corrected chi connectivity index (χ2v) is 7.85. The average Bonchev–Trinajstić information content (AvgIpc) is 3.33. The zero-order valence-corrected chi connectivity index (χ0v) is 18.2. The van der Waals surface area contributed by atoms with E-state index in [1.165, 1.54) is 11.3 Å². The predicted octanol–water partition coefficient (Wildman–Crippen LogP) is 4.91. The summed E-state index contributed by atoms with van der Waals surface area (Å²) in [5.41, 5.74) is 2.60. The number of carbonyl (C=O) groups excluding carboxylic acids is 2. The molecule has 0 radical (unpaired) electrons. The van der Waals surface area contributed by atoms with Crippen molar-refractivity contribution in [1.82, 2.24) is 10.2 Å². The first-order valence-corrected chi connectivity index (χ1v) is 10.8. The second kappa shape index (κ2) is 10.1. The zero-order valence-electron chi connectivity index (χ0n) is 17.4. The molecule has 0 fully saturated rings. The molecule has 0 saturated heterocycles. The number of thiophene rings is 1. The van der Waals surface area contributed by atoms with Crippen molar-refractivity contribution in [3.05, 3.63) is 87.6 Å². The van der Waals surface area contributed by atoms with Gasteiger partial charge < -0.3 is 15.0 Å². The van der Waals surface area contributed by atoms with Crippen LogP contribution in [0.3, 0.4) is 0 Å². The number of hydrogen-bond acceptors (Lipinski definition) is 4. The number of amides is 2. The third kappa shape index (κ3) is 5.07. The summed E-state index contributed by atoms with van der Waals surface area (Å²) in [7, 11) is 1.64. The molecule has 3 rings (SSSR count). The zero-order chi connectivity index (χ0) is 21.5. The Labute approximate surface area is 181 Å². The topological polar surface area (TPSA) is 58.6 Å². The lowest BCUT2D eigenvalue weighted by Crippen LogP contribution is -2.33. The lowest BCUT2D eigenvalue weighted by molar-refractivity contribution is 0.0701. The summed E-state index contributed by atoms with van der Waals surface area (Å²) < 4.78 is 5.31. The molecule has 0 aliphatic rings. The van der Waals surface area contributed by atoms with Crippen LogP contribution in [0.2, 0.25) is 0 Å². The summed E-state index contributed by atoms with van der Waals surface area (Å²) in [6.45, 7) is 5.01. The molecule has 0 saturated carbocycles. The van der Waals surface area contributed by atoms with Gasteiger partial charge in [-0.05, 0) is 60.7 Å². The van der Waals surface area contributed by atoms with Gasteiger partial charge in [0.25, 0.3) is 11.8 Å². The summed E-state index contributed by atoms with van der Waals surface area (Å²) in [6, 6.07) is 18.7. The highest BCUT2D eigenvalue weighted by molar-refractivity contribution is 7.12. The van der Waals surface area contributed by atoms with Gasteiger partial charge in [-0.2, -0.15) is 0 Å². The van der Waals surface area contributed by atoms with Crippen molar-refractivity contribution < 1.29 is 14.3 Å². The molecule has 6 heteroatoms. The molecule has 2 aromatic carbocycles. The van der Waals surface area contributed by atoms with Crippen molar-refractivity contribution in [2.24, 2.45) is 0 Å². The summed E-state index contributed by atoms with van der Waals surface area (Å²) in [6.07, 6.45) is 0. The highest BCUT2D eigenvalue weighted by Crippen LogP contribution is 2.25. The second-order valence-electron chi connectivity index (χ2n) is 6.90. The monoisotopic (exact) mass is 422 g/mol. The smallest absolute Gasteiger partial charge is 0.261 e. The molecule has 0 aliphatic heterocycles. The largest absolute Gasteiger partial charge is 0.497 e. The first kappa shape index (κ1) is 21.6. The van der Waals surface area contributed by atoms with Gasteiger partial charge in [0.05, 0.1) is 18.0 Å². The molecule has 30 heavy (non-hydrogen) atoms. The molecule has 1 heterocycles. The van der Waals surface area contributed by atoms with E-state index in [1.54, 1.807) is 13.2 Å². The third-order valence-electron chi connectivity index (χ3n) is 5.04. The molecule has 2 amide bonds. The highest BCUT2D eigenvalue weighted by atomic mass is 32.1. The fraction of sp³-hybridized carbons (Fsp3) is 0.250. The Hall–Kier alpha value is -3.12. The Balaban J connectivity index is 1.66. The lowest BCUT2D eigenvalue weighted by atomic mass is 10.0. The van der Waals surface area contributed by atoms with E-state index in [-0.39, 0.29) is 17.9 Å². The molecule has 0 spiro atoms. The van der Waals surface area contributed by atoms with Gasteiger partial charge in [0.1, 0.15) is 5.75 Å². The van der Waals surface area contributed by atoms with Crippen molar-refractivity contribution in [1.29, 1.82) is 0 Å². The van der Waals surface area contributed by atoms with Crippen LogP contribution in [-0.2, 0) is 6.54 Å². The van der Waals surface area contributed by atoms with Gasteiger partial charge in [0.15, 0.2) is 0 Å². The third-order valence-corrected chi connectivity index (χ3v) is 5.91. The van der Waals surface area contributed by atoms with Crippen LogP contribution >= 0.6 is 11.3 Å².